The number of carbonyl (C=O) groups excluding carboxylic acids is 2. The predicted molar refractivity (Wildman–Crippen MR) is 142 cm³/mol. The number of hydrogen-bond acceptors (Lipinski definition) is 4. The number of nitrogens with zero attached hydrogens (tertiary/aromatic N) is 3. The molecule has 2 saturated heterocycles. The van der Waals surface area contributed by atoms with Crippen LogP contribution in [0.3, 0.4) is 0 Å². The van der Waals surface area contributed by atoms with E-state index in [1.807, 2.05) is 4.90 Å². The summed E-state index contributed by atoms with van der Waals surface area (Å²) in [4.78, 5) is 32.4. The second kappa shape index (κ2) is 11.6. The molecule has 0 bridgehead atoms. The number of amides is 3. The molecule has 0 aromatic heterocycles. The molecule has 2 atom stereocenters. The fourth-order valence-corrected chi connectivity index (χ4v) is 5.60. The maximum Gasteiger partial charge on any atom is 0.325 e. The Morgan fingerprint density at radius 1 is 1.14 bits per heavy atom. The van der Waals surface area contributed by atoms with Crippen molar-refractivity contribution in [3.63, 3.8) is 0 Å². The first kappa shape index (κ1) is 27.6. The van der Waals surface area contributed by atoms with Gasteiger partial charge >= 0.3 is 6.03 Å². The average Bonchev–Trinajstić information content (AvgIpc) is 3.36. The minimum Gasteiger partial charge on any atom is -0.382 e. The van der Waals surface area contributed by atoms with E-state index in [-0.39, 0.29) is 41.9 Å². The summed E-state index contributed by atoms with van der Waals surface area (Å²) in [6.07, 6.45) is 0. The fourth-order valence-electron chi connectivity index (χ4n) is 5.35. The molecule has 3 amide bonds. The van der Waals surface area contributed by atoms with Gasteiger partial charge in [0.15, 0.2) is 0 Å². The smallest absolute Gasteiger partial charge is 0.325 e. The van der Waals surface area contributed by atoms with Crippen molar-refractivity contribution in [2.45, 2.75) is 25.3 Å². The highest BCUT2D eigenvalue weighted by Crippen LogP contribution is 2.47. The van der Waals surface area contributed by atoms with Gasteiger partial charge in [-0.25, -0.2) is 9.18 Å². The van der Waals surface area contributed by atoms with E-state index in [0.717, 1.165) is 0 Å². The molecule has 200 valence electrons. The minimum atomic E-state index is -0.831. The number of anilines is 1. The summed E-state index contributed by atoms with van der Waals surface area (Å²) in [5.41, 5.74) is 0.517. The molecule has 10 heteroatoms. The van der Waals surface area contributed by atoms with E-state index in [1.54, 1.807) is 47.2 Å². The van der Waals surface area contributed by atoms with Crippen molar-refractivity contribution in [1.82, 2.24) is 9.80 Å². The highest BCUT2D eigenvalue weighted by molar-refractivity contribution is 6.31. The number of methoxy groups -OCH3 is 1. The molecule has 0 N–H and O–H groups in total. The molecule has 2 fully saturated rings. The summed E-state index contributed by atoms with van der Waals surface area (Å²) in [7, 11) is 1.57. The van der Waals surface area contributed by atoms with E-state index >= 15 is 0 Å². The molecule has 2 aliphatic rings. The summed E-state index contributed by atoms with van der Waals surface area (Å²) in [5.74, 6) is -0.855. The maximum absolute atomic E-state index is 14.6. The Labute approximate surface area is 227 Å². The van der Waals surface area contributed by atoms with E-state index in [0.29, 0.717) is 49.1 Å². The Kier molecular flexibility index (Phi) is 8.63. The van der Waals surface area contributed by atoms with Gasteiger partial charge in [0.25, 0.3) is 0 Å². The first-order chi connectivity index (χ1) is 17.7. The summed E-state index contributed by atoms with van der Waals surface area (Å²) in [6, 6.07) is 11.6. The van der Waals surface area contributed by atoms with Crippen LogP contribution in [0, 0.1) is 11.7 Å². The van der Waals surface area contributed by atoms with Gasteiger partial charge in [-0.1, -0.05) is 43.1 Å². The third-order valence-electron chi connectivity index (χ3n) is 6.91. The third-order valence-corrected chi connectivity index (χ3v) is 7.47. The number of likely N-dealkylation sites (tertiary alicyclic amines) is 1. The third kappa shape index (κ3) is 5.72. The van der Waals surface area contributed by atoms with Gasteiger partial charge in [-0.15, -0.1) is 0 Å². The quantitative estimate of drug-likeness (QED) is 0.409. The number of ether oxygens (including phenoxy) is 2. The SMILES string of the molecule is COCCOCC(=O)N1C[C@H](c2ccc(Cl)c(F)c2)[C@@]2(C1)CN(CC(C)C)C(=O)N2c1ccc(Cl)cc1. The lowest BCUT2D eigenvalue weighted by Gasteiger charge is -2.38. The molecule has 2 aromatic carbocycles. The molecule has 2 heterocycles. The Bertz CT molecular complexity index is 1130. The number of urea groups is 1. The molecular formula is C27H32Cl2FN3O4. The van der Waals surface area contributed by atoms with Crippen LogP contribution >= 0.6 is 23.2 Å². The molecule has 2 aromatic rings. The van der Waals surface area contributed by atoms with Crippen molar-refractivity contribution in [2.24, 2.45) is 5.92 Å². The van der Waals surface area contributed by atoms with E-state index in [1.165, 1.54) is 12.1 Å². The number of halogens is 3. The van der Waals surface area contributed by atoms with Crippen LogP contribution < -0.4 is 4.90 Å². The van der Waals surface area contributed by atoms with Crippen LogP contribution in [0.5, 0.6) is 0 Å². The van der Waals surface area contributed by atoms with Gasteiger partial charge in [0.05, 0.1) is 23.8 Å². The number of hydrogen-bond donors (Lipinski definition) is 0. The van der Waals surface area contributed by atoms with Gasteiger partial charge in [-0.05, 0) is 47.9 Å². The van der Waals surface area contributed by atoms with Gasteiger partial charge in [0.1, 0.15) is 12.4 Å². The van der Waals surface area contributed by atoms with Gasteiger partial charge < -0.3 is 19.3 Å². The molecule has 0 saturated carbocycles. The van der Waals surface area contributed by atoms with Crippen molar-refractivity contribution in [3.8, 4) is 0 Å². The van der Waals surface area contributed by atoms with Crippen LogP contribution in [0.2, 0.25) is 10.0 Å². The lowest BCUT2D eigenvalue weighted by molar-refractivity contribution is -0.135. The van der Waals surface area contributed by atoms with Crippen LogP contribution in [0.25, 0.3) is 0 Å². The molecule has 0 radical (unpaired) electrons. The van der Waals surface area contributed by atoms with Crippen molar-refractivity contribution in [2.75, 3.05) is 58.0 Å². The minimum absolute atomic E-state index is 0.0220. The summed E-state index contributed by atoms with van der Waals surface area (Å²) in [6.45, 7) is 6.20. The van der Waals surface area contributed by atoms with Gasteiger partial charge in [-0.2, -0.15) is 0 Å². The van der Waals surface area contributed by atoms with Crippen LogP contribution in [-0.2, 0) is 14.3 Å². The standard InChI is InChI=1S/C27H32Cl2FN3O4/c1-18(2)13-32-17-27(33(26(32)35)21-7-5-20(28)6-8-21)16-31(25(34)15-37-11-10-36-3)14-22(27)19-4-9-23(29)24(30)12-19/h4-9,12,18,22H,10-11,13-17H2,1-3H3/t22-,27-/m1/s1. The topological polar surface area (TPSA) is 62.3 Å². The summed E-state index contributed by atoms with van der Waals surface area (Å²) in [5, 5.41) is 0.574. The monoisotopic (exact) mass is 551 g/mol. The zero-order chi connectivity index (χ0) is 26.7. The molecule has 7 nitrogen and oxygen atoms in total. The van der Waals surface area contributed by atoms with E-state index < -0.39 is 11.4 Å². The first-order valence-electron chi connectivity index (χ1n) is 12.3. The largest absolute Gasteiger partial charge is 0.382 e. The molecular weight excluding hydrogens is 520 g/mol. The van der Waals surface area contributed by atoms with E-state index in [4.69, 9.17) is 32.7 Å². The second-order valence-corrected chi connectivity index (χ2v) is 10.9. The Balaban J connectivity index is 1.77. The number of benzene rings is 2. The van der Waals surface area contributed by atoms with Crippen molar-refractivity contribution < 1.29 is 23.5 Å². The first-order valence-corrected chi connectivity index (χ1v) is 13.1. The van der Waals surface area contributed by atoms with Gasteiger partial charge in [0, 0.05) is 49.9 Å². The predicted octanol–water partition coefficient (Wildman–Crippen LogP) is 5.06. The van der Waals surface area contributed by atoms with Crippen molar-refractivity contribution in [3.05, 3.63) is 63.9 Å². The van der Waals surface area contributed by atoms with E-state index in [2.05, 4.69) is 13.8 Å². The summed E-state index contributed by atoms with van der Waals surface area (Å²) >= 11 is 12.1. The van der Waals surface area contributed by atoms with Gasteiger partial charge in [-0.3, -0.25) is 9.69 Å². The lowest BCUT2D eigenvalue weighted by atomic mass is 9.81. The zero-order valence-corrected chi connectivity index (χ0v) is 22.8. The Morgan fingerprint density at radius 3 is 2.51 bits per heavy atom. The highest BCUT2D eigenvalue weighted by atomic mass is 35.5. The molecule has 0 unspecified atom stereocenters. The number of rotatable bonds is 9. The Morgan fingerprint density at radius 2 is 1.86 bits per heavy atom. The molecule has 37 heavy (non-hydrogen) atoms. The molecule has 4 rings (SSSR count). The second-order valence-electron chi connectivity index (χ2n) is 10.0. The fraction of sp³-hybridized carbons (Fsp3) is 0.481. The van der Waals surface area contributed by atoms with Crippen molar-refractivity contribution in [1.29, 1.82) is 0 Å². The van der Waals surface area contributed by atoms with Gasteiger partial charge in [0.2, 0.25) is 5.91 Å². The molecule has 0 aliphatic carbocycles. The molecule has 2 aliphatic heterocycles. The van der Waals surface area contributed by atoms with E-state index in [9.17, 15) is 14.0 Å². The zero-order valence-electron chi connectivity index (χ0n) is 21.3. The molecule has 1 spiro atoms. The Hall–Kier alpha value is -2.39. The van der Waals surface area contributed by atoms with Crippen LogP contribution in [-0.4, -0.2) is 80.4 Å². The normalized spacial score (nSPS) is 21.6. The maximum atomic E-state index is 14.6. The van der Waals surface area contributed by atoms with Crippen molar-refractivity contribution >= 4 is 40.8 Å². The van der Waals surface area contributed by atoms with Crippen LogP contribution in [0.4, 0.5) is 14.9 Å². The average molecular weight is 552 g/mol. The lowest BCUT2D eigenvalue weighted by Crippen LogP contribution is -2.53. The number of carbonyl (C=O) groups is 2. The van der Waals surface area contributed by atoms with Crippen LogP contribution in [0.15, 0.2) is 42.5 Å². The summed E-state index contributed by atoms with van der Waals surface area (Å²) < 4.78 is 25.1. The van der Waals surface area contributed by atoms with Crippen LogP contribution in [0.1, 0.15) is 25.3 Å². The highest BCUT2D eigenvalue weighted by Gasteiger charge is 2.60.